The molecule has 8 heteroatoms. The van der Waals surface area contributed by atoms with Crippen LogP contribution in [0.5, 0.6) is 0 Å². The van der Waals surface area contributed by atoms with E-state index < -0.39 is 17.4 Å². The number of aromatic nitrogens is 4. The monoisotopic (exact) mass is 331 g/mol. The minimum atomic E-state index is -1.05. The zero-order chi connectivity index (χ0) is 17.7. The molecule has 0 saturated heterocycles. The van der Waals surface area contributed by atoms with Crippen LogP contribution in [0, 0.1) is 12.3 Å². The van der Waals surface area contributed by atoms with Crippen molar-refractivity contribution >= 4 is 11.9 Å². The van der Waals surface area contributed by atoms with Crippen LogP contribution in [0.25, 0.3) is 0 Å². The van der Waals surface area contributed by atoms with E-state index in [1.54, 1.807) is 20.8 Å². The summed E-state index contributed by atoms with van der Waals surface area (Å²) < 4.78 is 1.45. The lowest BCUT2D eigenvalue weighted by Crippen LogP contribution is -2.42. The van der Waals surface area contributed by atoms with E-state index in [1.165, 1.54) is 4.68 Å². The lowest BCUT2D eigenvalue weighted by Gasteiger charge is -2.22. The molecule has 24 heavy (non-hydrogen) atoms. The number of aliphatic carboxylic acids is 1. The number of hydrogen-bond acceptors (Lipinski definition) is 5. The molecule has 2 aromatic rings. The second-order valence-electron chi connectivity index (χ2n) is 6.28. The number of rotatable bonds is 7. The first-order valence-corrected chi connectivity index (χ1v) is 7.61. The van der Waals surface area contributed by atoms with E-state index >= 15 is 0 Å². The Kier molecular flexibility index (Phi) is 5.28. The van der Waals surface area contributed by atoms with Gasteiger partial charge in [-0.3, -0.25) is 9.59 Å². The van der Waals surface area contributed by atoms with Crippen molar-refractivity contribution < 1.29 is 14.7 Å². The number of carbonyl (C=O) groups excluding carboxylic acids is 1. The predicted molar refractivity (Wildman–Crippen MR) is 86.2 cm³/mol. The molecular formula is C16H21N5O3. The average molecular weight is 331 g/mol. The van der Waals surface area contributed by atoms with E-state index in [9.17, 15) is 9.59 Å². The Labute approximate surface area is 139 Å². The number of amides is 1. The number of nitrogens with zero attached hydrogens (tertiary/aromatic N) is 4. The Hall–Kier alpha value is -2.77. The number of tetrazole rings is 1. The Morgan fingerprint density at radius 3 is 2.50 bits per heavy atom. The summed E-state index contributed by atoms with van der Waals surface area (Å²) in [5, 5.41) is 23.2. The van der Waals surface area contributed by atoms with Crippen LogP contribution in [-0.4, -0.2) is 43.7 Å². The normalized spacial score (nSPS) is 12.6. The fourth-order valence-electron chi connectivity index (χ4n) is 2.16. The van der Waals surface area contributed by atoms with E-state index in [1.807, 2.05) is 30.3 Å². The lowest BCUT2D eigenvalue weighted by molar-refractivity contribution is -0.146. The molecule has 0 aliphatic heterocycles. The largest absolute Gasteiger partial charge is 0.481 e. The second-order valence-corrected chi connectivity index (χ2v) is 6.28. The summed E-state index contributed by atoms with van der Waals surface area (Å²) >= 11 is 0. The van der Waals surface area contributed by atoms with Crippen molar-refractivity contribution in [2.45, 2.75) is 33.2 Å². The molecule has 1 aromatic heterocycles. The van der Waals surface area contributed by atoms with E-state index in [0.717, 1.165) is 5.56 Å². The third-order valence-corrected chi connectivity index (χ3v) is 3.81. The lowest BCUT2D eigenvalue weighted by atomic mass is 9.93. The number of nitrogens with one attached hydrogen (secondary N) is 1. The minimum Gasteiger partial charge on any atom is -0.481 e. The molecule has 0 aliphatic carbocycles. The van der Waals surface area contributed by atoms with Crippen LogP contribution in [0.2, 0.25) is 0 Å². The van der Waals surface area contributed by atoms with Crippen molar-refractivity contribution in [3.05, 3.63) is 41.7 Å². The minimum absolute atomic E-state index is 0.0215. The molecule has 1 heterocycles. The van der Waals surface area contributed by atoms with Crippen LogP contribution in [0.15, 0.2) is 30.3 Å². The van der Waals surface area contributed by atoms with Crippen LogP contribution < -0.4 is 5.32 Å². The molecule has 0 bridgehead atoms. The molecular weight excluding hydrogens is 310 g/mol. The molecule has 1 amide bonds. The van der Waals surface area contributed by atoms with Gasteiger partial charge in [-0.05, 0) is 36.8 Å². The van der Waals surface area contributed by atoms with Gasteiger partial charge >= 0.3 is 5.97 Å². The molecule has 2 rings (SSSR count). The Morgan fingerprint density at radius 1 is 1.29 bits per heavy atom. The third kappa shape index (κ3) is 4.15. The summed E-state index contributed by atoms with van der Waals surface area (Å²) in [5.41, 5.74) is -0.0900. The van der Waals surface area contributed by atoms with E-state index in [4.69, 9.17) is 5.11 Å². The van der Waals surface area contributed by atoms with Crippen molar-refractivity contribution in [3.8, 4) is 0 Å². The SMILES string of the molecule is Cc1nnnn1C(Cc1ccccc1)C(=O)NCC(C)(C)C(=O)O. The molecule has 128 valence electrons. The van der Waals surface area contributed by atoms with Crippen molar-refractivity contribution in [2.24, 2.45) is 5.41 Å². The highest BCUT2D eigenvalue weighted by Crippen LogP contribution is 2.17. The highest BCUT2D eigenvalue weighted by molar-refractivity contribution is 5.82. The maximum Gasteiger partial charge on any atom is 0.310 e. The zero-order valence-corrected chi connectivity index (χ0v) is 13.9. The van der Waals surface area contributed by atoms with Gasteiger partial charge in [0, 0.05) is 13.0 Å². The molecule has 1 atom stereocenters. The fraction of sp³-hybridized carbons (Fsp3) is 0.438. The number of carbonyl (C=O) groups is 2. The van der Waals surface area contributed by atoms with Crippen LogP contribution in [-0.2, 0) is 16.0 Å². The van der Waals surface area contributed by atoms with Gasteiger partial charge < -0.3 is 10.4 Å². The maximum absolute atomic E-state index is 12.6. The molecule has 1 unspecified atom stereocenters. The van der Waals surface area contributed by atoms with Crippen molar-refractivity contribution in [3.63, 3.8) is 0 Å². The van der Waals surface area contributed by atoms with Gasteiger partial charge in [0.15, 0.2) is 0 Å². The number of hydrogen-bond donors (Lipinski definition) is 2. The number of carboxylic acid groups (broad SMARTS) is 1. The van der Waals surface area contributed by atoms with Gasteiger partial charge in [0.2, 0.25) is 5.91 Å². The predicted octanol–water partition coefficient (Wildman–Crippen LogP) is 0.992. The van der Waals surface area contributed by atoms with Gasteiger partial charge in [0.25, 0.3) is 0 Å². The van der Waals surface area contributed by atoms with Crippen LogP contribution in [0.3, 0.4) is 0 Å². The second kappa shape index (κ2) is 7.20. The van der Waals surface area contributed by atoms with E-state index in [-0.39, 0.29) is 12.5 Å². The first-order valence-electron chi connectivity index (χ1n) is 7.61. The van der Waals surface area contributed by atoms with E-state index in [2.05, 4.69) is 20.8 Å². The first-order chi connectivity index (χ1) is 11.3. The standard InChI is InChI=1S/C16H21N5O3/c1-11-18-19-20-21(11)13(9-12-7-5-4-6-8-12)14(22)17-10-16(2,3)15(23)24/h4-8,13H,9-10H2,1-3H3,(H,17,22)(H,23,24). The number of aryl methyl sites for hydroxylation is 1. The topological polar surface area (TPSA) is 110 Å². The average Bonchev–Trinajstić information content (AvgIpc) is 2.97. The molecule has 1 aromatic carbocycles. The molecule has 0 spiro atoms. The van der Waals surface area contributed by atoms with Gasteiger partial charge in [0.1, 0.15) is 11.9 Å². The highest BCUT2D eigenvalue weighted by atomic mass is 16.4. The van der Waals surface area contributed by atoms with Crippen molar-refractivity contribution in [1.82, 2.24) is 25.5 Å². The van der Waals surface area contributed by atoms with Gasteiger partial charge in [0.05, 0.1) is 5.41 Å². The summed E-state index contributed by atoms with van der Waals surface area (Å²) in [4.78, 5) is 23.8. The highest BCUT2D eigenvalue weighted by Gasteiger charge is 2.30. The maximum atomic E-state index is 12.6. The van der Waals surface area contributed by atoms with Crippen LogP contribution in [0.1, 0.15) is 31.3 Å². The summed E-state index contributed by atoms with van der Waals surface area (Å²) in [6.45, 7) is 4.86. The first kappa shape index (κ1) is 17.6. The van der Waals surface area contributed by atoms with Crippen LogP contribution in [0.4, 0.5) is 0 Å². The molecule has 0 radical (unpaired) electrons. The molecule has 0 aliphatic rings. The van der Waals surface area contributed by atoms with Crippen molar-refractivity contribution in [2.75, 3.05) is 6.54 Å². The number of carboxylic acids is 1. The van der Waals surface area contributed by atoms with Gasteiger partial charge in [-0.2, -0.15) is 0 Å². The van der Waals surface area contributed by atoms with Crippen molar-refractivity contribution in [1.29, 1.82) is 0 Å². The molecule has 2 N–H and O–H groups in total. The molecule has 8 nitrogen and oxygen atoms in total. The molecule has 0 fully saturated rings. The van der Waals surface area contributed by atoms with Crippen LogP contribution >= 0.6 is 0 Å². The van der Waals surface area contributed by atoms with E-state index in [0.29, 0.717) is 12.2 Å². The smallest absolute Gasteiger partial charge is 0.310 e. The third-order valence-electron chi connectivity index (χ3n) is 3.81. The summed E-state index contributed by atoms with van der Waals surface area (Å²) in [7, 11) is 0. The fourth-order valence-corrected chi connectivity index (χ4v) is 2.16. The Morgan fingerprint density at radius 2 is 1.96 bits per heavy atom. The van der Waals surface area contributed by atoms with Gasteiger partial charge in [-0.25, -0.2) is 4.68 Å². The number of benzene rings is 1. The Bertz CT molecular complexity index is 712. The van der Waals surface area contributed by atoms with Gasteiger partial charge in [-0.1, -0.05) is 30.3 Å². The van der Waals surface area contributed by atoms with Gasteiger partial charge in [-0.15, -0.1) is 5.10 Å². The quantitative estimate of drug-likeness (QED) is 0.783. The summed E-state index contributed by atoms with van der Waals surface area (Å²) in [5.74, 6) is -0.770. The Balaban J connectivity index is 2.18. The summed E-state index contributed by atoms with van der Waals surface area (Å²) in [6.07, 6.45) is 0.409. The summed E-state index contributed by atoms with van der Waals surface area (Å²) in [6, 6.07) is 8.87. The molecule has 0 saturated carbocycles. The zero-order valence-electron chi connectivity index (χ0n) is 13.9.